The van der Waals surface area contributed by atoms with Crippen molar-refractivity contribution >= 4 is 11.8 Å². The number of hydrogen-bond donors (Lipinski definition) is 1. The molecule has 4 nitrogen and oxygen atoms in total. The molecule has 0 spiro atoms. The molecule has 1 atom stereocenters. The molecule has 0 aliphatic carbocycles. The topological polar surface area (TPSA) is 49.4 Å². The molecule has 0 aromatic carbocycles. The summed E-state index contributed by atoms with van der Waals surface area (Å²) < 4.78 is 0. The second kappa shape index (κ2) is 4.90. The molecule has 0 aromatic rings. The van der Waals surface area contributed by atoms with Gasteiger partial charge in [0.25, 0.3) is 0 Å². The van der Waals surface area contributed by atoms with E-state index in [9.17, 15) is 9.59 Å². The van der Waals surface area contributed by atoms with Crippen molar-refractivity contribution in [3.8, 4) is 0 Å². The van der Waals surface area contributed by atoms with Gasteiger partial charge >= 0.3 is 0 Å². The van der Waals surface area contributed by atoms with Crippen LogP contribution in [0.2, 0.25) is 0 Å². The molecule has 18 heavy (non-hydrogen) atoms. The van der Waals surface area contributed by atoms with E-state index in [0.29, 0.717) is 13.0 Å². The Labute approximate surface area is 110 Å². The molecule has 0 bridgehead atoms. The first-order valence-corrected chi connectivity index (χ1v) is 6.64. The summed E-state index contributed by atoms with van der Waals surface area (Å²) in [6.07, 6.45) is 1.30. The lowest BCUT2D eigenvalue weighted by Crippen LogP contribution is -2.53. The summed E-state index contributed by atoms with van der Waals surface area (Å²) in [6, 6.07) is -0.417. The van der Waals surface area contributed by atoms with Crippen molar-refractivity contribution < 1.29 is 9.59 Å². The molecule has 1 rings (SSSR count). The van der Waals surface area contributed by atoms with Gasteiger partial charge in [-0.1, -0.05) is 20.8 Å². The van der Waals surface area contributed by atoms with Crippen molar-refractivity contribution in [2.24, 2.45) is 5.41 Å². The maximum atomic E-state index is 12.3. The predicted molar refractivity (Wildman–Crippen MR) is 72.1 cm³/mol. The Morgan fingerprint density at radius 2 is 1.78 bits per heavy atom. The molecule has 1 aliphatic heterocycles. The van der Waals surface area contributed by atoms with E-state index in [4.69, 9.17) is 0 Å². The zero-order chi connectivity index (χ0) is 14.1. The molecule has 0 saturated carbocycles. The van der Waals surface area contributed by atoms with Gasteiger partial charge in [-0.25, -0.2) is 0 Å². The number of carbonyl (C=O) groups is 2. The third-order valence-electron chi connectivity index (χ3n) is 3.27. The van der Waals surface area contributed by atoms with E-state index in [0.717, 1.165) is 6.42 Å². The number of hydrogen-bond acceptors (Lipinski definition) is 2. The first kappa shape index (κ1) is 15.0. The first-order chi connectivity index (χ1) is 8.03. The van der Waals surface area contributed by atoms with Crippen molar-refractivity contribution in [1.82, 2.24) is 10.2 Å². The van der Waals surface area contributed by atoms with E-state index in [1.54, 1.807) is 6.92 Å². The normalized spacial score (nSPS) is 22.8. The van der Waals surface area contributed by atoms with Gasteiger partial charge in [-0.2, -0.15) is 0 Å². The van der Waals surface area contributed by atoms with Crippen LogP contribution in [0.1, 0.15) is 54.4 Å². The lowest BCUT2D eigenvalue weighted by molar-refractivity contribution is -0.138. The van der Waals surface area contributed by atoms with Crippen molar-refractivity contribution in [3.63, 3.8) is 0 Å². The summed E-state index contributed by atoms with van der Waals surface area (Å²) in [5, 5.41) is 2.73. The van der Waals surface area contributed by atoms with Gasteiger partial charge < -0.3 is 10.2 Å². The standard InChI is InChI=1S/C14H26N2O2/c1-10-12(18)16(8-7-11(17)15-10)14(5,6)9-13(2,3)4/h10H,7-9H2,1-6H3,(H,15,17). The van der Waals surface area contributed by atoms with Gasteiger partial charge in [0.2, 0.25) is 11.8 Å². The Morgan fingerprint density at radius 1 is 1.22 bits per heavy atom. The third kappa shape index (κ3) is 3.72. The quantitative estimate of drug-likeness (QED) is 0.818. The van der Waals surface area contributed by atoms with Crippen LogP contribution in [0, 0.1) is 5.41 Å². The summed E-state index contributed by atoms with van der Waals surface area (Å²) in [6.45, 7) is 12.9. The molecule has 0 radical (unpaired) electrons. The van der Waals surface area contributed by atoms with Gasteiger partial charge in [0.05, 0.1) is 0 Å². The largest absolute Gasteiger partial charge is 0.345 e. The minimum absolute atomic E-state index is 0.0232. The zero-order valence-electron chi connectivity index (χ0n) is 12.5. The van der Waals surface area contributed by atoms with Gasteiger partial charge in [-0.15, -0.1) is 0 Å². The monoisotopic (exact) mass is 254 g/mol. The summed E-state index contributed by atoms with van der Waals surface area (Å²) in [7, 11) is 0. The van der Waals surface area contributed by atoms with Crippen molar-refractivity contribution in [1.29, 1.82) is 0 Å². The summed E-state index contributed by atoms with van der Waals surface area (Å²) >= 11 is 0. The molecular formula is C14H26N2O2. The van der Waals surface area contributed by atoms with Crippen LogP contribution in [0.4, 0.5) is 0 Å². The number of carbonyl (C=O) groups excluding carboxylic acids is 2. The Balaban J connectivity index is 2.91. The van der Waals surface area contributed by atoms with Crippen LogP contribution in [0.5, 0.6) is 0 Å². The van der Waals surface area contributed by atoms with Crippen LogP contribution in [-0.4, -0.2) is 34.8 Å². The minimum Gasteiger partial charge on any atom is -0.345 e. The Kier molecular flexibility index (Phi) is 4.08. The maximum Gasteiger partial charge on any atom is 0.245 e. The summed E-state index contributed by atoms with van der Waals surface area (Å²) in [4.78, 5) is 25.7. The number of nitrogens with one attached hydrogen (secondary N) is 1. The van der Waals surface area contributed by atoms with Gasteiger partial charge in [-0.3, -0.25) is 9.59 Å². The zero-order valence-corrected chi connectivity index (χ0v) is 12.5. The number of nitrogens with zero attached hydrogens (tertiary/aromatic N) is 1. The highest BCUT2D eigenvalue weighted by molar-refractivity contribution is 5.90. The van der Waals surface area contributed by atoms with E-state index in [1.807, 2.05) is 4.90 Å². The van der Waals surface area contributed by atoms with Crippen molar-refractivity contribution in [2.75, 3.05) is 6.54 Å². The minimum atomic E-state index is -0.417. The Hall–Kier alpha value is -1.06. The van der Waals surface area contributed by atoms with Crippen LogP contribution < -0.4 is 5.32 Å². The molecule has 104 valence electrons. The van der Waals surface area contributed by atoms with E-state index in [-0.39, 0.29) is 22.8 Å². The van der Waals surface area contributed by atoms with Crippen LogP contribution in [-0.2, 0) is 9.59 Å². The average Bonchev–Trinajstić information content (AvgIpc) is 2.23. The van der Waals surface area contributed by atoms with Crippen LogP contribution >= 0.6 is 0 Å². The first-order valence-electron chi connectivity index (χ1n) is 6.64. The average molecular weight is 254 g/mol. The summed E-state index contributed by atoms with van der Waals surface area (Å²) in [5.74, 6) is -0.0139. The lowest BCUT2D eigenvalue weighted by atomic mass is 9.80. The van der Waals surface area contributed by atoms with Gasteiger partial charge in [-0.05, 0) is 32.6 Å². The third-order valence-corrected chi connectivity index (χ3v) is 3.27. The molecule has 2 amide bonds. The van der Waals surface area contributed by atoms with Gasteiger partial charge in [0.15, 0.2) is 0 Å². The summed E-state index contributed by atoms with van der Waals surface area (Å²) in [5.41, 5.74) is -0.0767. The fourth-order valence-corrected chi connectivity index (χ4v) is 2.93. The Bertz CT molecular complexity index is 342. The van der Waals surface area contributed by atoms with Crippen LogP contribution in [0.25, 0.3) is 0 Å². The second-order valence-electron chi connectivity index (χ2n) is 7.08. The molecule has 0 aromatic heterocycles. The molecule has 1 N–H and O–H groups in total. The van der Waals surface area contributed by atoms with E-state index < -0.39 is 6.04 Å². The molecular weight excluding hydrogens is 228 g/mol. The van der Waals surface area contributed by atoms with Crippen LogP contribution in [0.3, 0.4) is 0 Å². The highest BCUT2D eigenvalue weighted by Gasteiger charge is 2.38. The molecule has 1 unspecified atom stereocenters. The Morgan fingerprint density at radius 3 is 2.28 bits per heavy atom. The van der Waals surface area contributed by atoms with Crippen molar-refractivity contribution in [2.45, 2.75) is 66.0 Å². The van der Waals surface area contributed by atoms with Crippen LogP contribution in [0.15, 0.2) is 0 Å². The maximum absolute atomic E-state index is 12.3. The highest BCUT2D eigenvalue weighted by atomic mass is 16.2. The van der Waals surface area contributed by atoms with Gasteiger partial charge in [0, 0.05) is 18.5 Å². The smallest absolute Gasteiger partial charge is 0.245 e. The van der Waals surface area contributed by atoms with E-state index in [2.05, 4.69) is 39.9 Å². The lowest BCUT2D eigenvalue weighted by Gasteiger charge is -2.42. The van der Waals surface area contributed by atoms with Crippen molar-refractivity contribution in [3.05, 3.63) is 0 Å². The van der Waals surface area contributed by atoms with E-state index in [1.165, 1.54) is 0 Å². The second-order valence-corrected chi connectivity index (χ2v) is 7.08. The fraction of sp³-hybridized carbons (Fsp3) is 0.857. The molecule has 4 heteroatoms. The highest BCUT2D eigenvalue weighted by Crippen LogP contribution is 2.32. The molecule has 1 aliphatic rings. The molecule has 1 saturated heterocycles. The predicted octanol–water partition coefficient (Wildman–Crippen LogP) is 1.94. The molecule has 1 heterocycles. The SMILES string of the molecule is CC1NC(=O)CCN(C(C)(C)CC(C)(C)C)C1=O. The molecule has 1 fully saturated rings. The van der Waals surface area contributed by atoms with Gasteiger partial charge in [0.1, 0.15) is 6.04 Å². The number of amides is 2. The number of rotatable bonds is 2. The fourth-order valence-electron chi connectivity index (χ4n) is 2.93. The van der Waals surface area contributed by atoms with E-state index >= 15 is 0 Å².